The van der Waals surface area contributed by atoms with Crippen molar-refractivity contribution < 1.29 is 4.79 Å². The van der Waals surface area contributed by atoms with Gasteiger partial charge in [0.05, 0.1) is 16.9 Å². The number of benzene rings is 1. The summed E-state index contributed by atoms with van der Waals surface area (Å²) in [5.74, 6) is 1.50. The first kappa shape index (κ1) is 19.1. The monoisotopic (exact) mass is 402 g/mol. The summed E-state index contributed by atoms with van der Waals surface area (Å²) < 4.78 is 4.61. The van der Waals surface area contributed by atoms with Gasteiger partial charge in [0, 0.05) is 16.4 Å². The van der Waals surface area contributed by atoms with Gasteiger partial charge in [-0.1, -0.05) is 64.3 Å². The second-order valence-electron chi connectivity index (χ2n) is 4.67. The standard InChI is InChI=1S/C15H16Cl2N4OS2/c1-3-24(4-2,9-22)21-10-6-5-7-11(13(10)17)23-15-14(18)20-12(16)8-19-15/h5-8H,3-4H2,1-2H3,(H2,18,20). The van der Waals surface area contributed by atoms with Crippen molar-refractivity contribution in [1.29, 1.82) is 0 Å². The van der Waals surface area contributed by atoms with Crippen molar-refractivity contribution in [2.45, 2.75) is 23.8 Å². The number of anilines is 1. The Bertz CT molecular complexity index is 894. The van der Waals surface area contributed by atoms with Crippen LogP contribution in [0.5, 0.6) is 0 Å². The van der Waals surface area contributed by atoms with E-state index in [-0.39, 0.29) is 11.0 Å². The Balaban J connectivity index is 2.49. The number of rotatable bonds is 5. The molecule has 0 fully saturated rings. The summed E-state index contributed by atoms with van der Waals surface area (Å²) in [6.45, 7) is 3.87. The van der Waals surface area contributed by atoms with Crippen LogP contribution in [0.2, 0.25) is 10.2 Å². The van der Waals surface area contributed by atoms with E-state index in [1.807, 2.05) is 26.0 Å². The maximum Gasteiger partial charge on any atom is 0.166 e. The molecule has 1 aromatic heterocycles. The fraction of sp³-hybridized carbons (Fsp3) is 0.267. The van der Waals surface area contributed by atoms with E-state index in [4.69, 9.17) is 28.9 Å². The highest BCUT2D eigenvalue weighted by molar-refractivity contribution is 8.02. The van der Waals surface area contributed by atoms with Gasteiger partial charge in [-0.3, -0.25) is 0 Å². The Labute approximate surface area is 155 Å². The molecule has 0 atom stereocenters. The van der Waals surface area contributed by atoms with E-state index in [9.17, 15) is 4.79 Å². The lowest BCUT2D eigenvalue weighted by molar-refractivity contribution is 0.571. The van der Waals surface area contributed by atoms with Gasteiger partial charge >= 0.3 is 0 Å². The quantitative estimate of drug-likeness (QED) is 0.739. The smallest absolute Gasteiger partial charge is 0.166 e. The van der Waals surface area contributed by atoms with Crippen LogP contribution in [0.1, 0.15) is 13.8 Å². The summed E-state index contributed by atoms with van der Waals surface area (Å²) in [5, 5.41) is 3.30. The molecule has 128 valence electrons. The van der Waals surface area contributed by atoms with E-state index in [1.54, 1.807) is 6.07 Å². The van der Waals surface area contributed by atoms with Crippen LogP contribution in [0.25, 0.3) is 0 Å². The third-order valence-corrected chi connectivity index (χ3v) is 7.79. The molecule has 0 bridgehead atoms. The Hall–Kier alpha value is -1.24. The van der Waals surface area contributed by atoms with Crippen molar-refractivity contribution in [3.63, 3.8) is 0 Å². The van der Waals surface area contributed by atoms with E-state index in [1.165, 1.54) is 18.0 Å². The summed E-state index contributed by atoms with van der Waals surface area (Å²) in [7, 11) is -1.83. The van der Waals surface area contributed by atoms with Gasteiger partial charge in [-0.05, 0) is 12.1 Å². The molecule has 1 aromatic carbocycles. The first-order valence-corrected chi connectivity index (χ1v) is 10.6. The number of hydrogen-bond acceptors (Lipinski definition) is 6. The molecule has 1 heterocycles. The average molecular weight is 403 g/mol. The highest BCUT2D eigenvalue weighted by Gasteiger charge is 2.12. The fourth-order valence-corrected chi connectivity index (χ4v) is 4.61. The summed E-state index contributed by atoms with van der Waals surface area (Å²) in [5.41, 5.74) is 6.40. The fourth-order valence-electron chi connectivity index (χ4n) is 1.86. The molecule has 9 heteroatoms. The van der Waals surface area contributed by atoms with E-state index in [0.717, 1.165) is 4.90 Å². The number of aromatic nitrogens is 2. The largest absolute Gasteiger partial charge is 0.381 e. The second-order valence-corrected chi connectivity index (χ2v) is 9.65. The van der Waals surface area contributed by atoms with Crippen LogP contribution in [0, 0.1) is 0 Å². The van der Waals surface area contributed by atoms with Gasteiger partial charge in [-0.2, -0.15) is 0 Å². The number of nitrogens with two attached hydrogens (primary N) is 1. The number of nitrogens with zero attached hydrogens (tertiary/aromatic N) is 3. The minimum atomic E-state index is -1.83. The number of nitrogen functional groups attached to an aromatic ring is 1. The van der Waals surface area contributed by atoms with Gasteiger partial charge in [0.1, 0.15) is 10.2 Å². The molecular formula is C15H16Cl2N4OS2. The minimum Gasteiger partial charge on any atom is -0.381 e. The Kier molecular flexibility index (Phi) is 6.54. The summed E-state index contributed by atoms with van der Waals surface area (Å²) in [6.07, 6.45) is 1.42. The molecule has 2 aromatic rings. The van der Waals surface area contributed by atoms with Crippen molar-refractivity contribution in [3.8, 4) is 0 Å². The van der Waals surface area contributed by atoms with E-state index < -0.39 is 9.41 Å². The Morgan fingerprint density at radius 2 is 2.04 bits per heavy atom. The van der Waals surface area contributed by atoms with Gasteiger partial charge in [-0.15, -0.1) is 0 Å². The predicted molar refractivity (Wildman–Crippen MR) is 103 cm³/mol. The van der Waals surface area contributed by atoms with Gasteiger partial charge in [0.25, 0.3) is 0 Å². The van der Waals surface area contributed by atoms with Gasteiger partial charge in [0.15, 0.2) is 11.1 Å². The van der Waals surface area contributed by atoms with Crippen molar-refractivity contribution in [3.05, 3.63) is 34.6 Å². The molecule has 0 saturated heterocycles. The molecule has 2 N–H and O–H groups in total. The molecule has 0 aliphatic heterocycles. The molecule has 0 aliphatic rings. The maximum atomic E-state index is 11.4. The summed E-state index contributed by atoms with van der Waals surface area (Å²) >= 11 is 13.5. The number of halogens is 2. The highest BCUT2D eigenvalue weighted by atomic mass is 35.5. The van der Waals surface area contributed by atoms with Gasteiger partial charge in [0.2, 0.25) is 0 Å². The molecule has 0 saturated carbocycles. The molecule has 0 amide bonds. The lowest BCUT2D eigenvalue weighted by Gasteiger charge is -2.11. The molecule has 2 rings (SSSR count). The van der Waals surface area contributed by atoms with Crippen molar-refractivity contribution in [2.24, 2.45) is 4.36 Å². The lowest BCUT2D eigenvalue weighted by atomic mass is 10.3. The van der Waals surface area contributed by atoms with Crippen LogP contribution in [0.4, 0.5) is 11.5 Å². The van der Waals surface area contributed by atoms with Crippen molar-refractivity contribution >= 4 is 61.1 Å². The van der Waals surface area contributed by atoms with Crippen LogP contribution in [0.15, 0.2) is 38.7 Å². The van der Waals surface area contributed by atoms with E-state index >= 15 is 0 Å². The Morgan fingerprint density at radius 1 is 1.33 bits per heavy atom. The normalized spacial score (nSPS) is 11.2. The molecule has 24 heavy (non-hydrogen) atoms. The zero-order chi connectivity index (χ0) is 17.7. The molecule has 0 radical (unpaired) electrons. The number of hydrogen-bond donors (Lipinski definition) is 1. The minimum absolute atomic E-state index is 0.229. The maximum absolute atomic E-state index is 11.4. The average Bonchev–Trinajstić information content (AvgIpc) is 2.58. The van der Waals surface area contributed by atoms with Crippen LogP contribution >= 0.6 is 35.0 Å². The predicted octanol–water partition coefficient (Wildman–Crippen LogP) is 4.59. The van der Waals surface area contributed by atoms with Crippen LogP contribution in [-0.2, 0) is 14.2 Å². The number of carbonyl (C=O) groups excluding carboxylic acids is 1. The third-order valence-electron chi connectivity index (χ3n) is 3.27. The molecule has 0 aliphatic carbocycles. The molecule has 5 nitrogen and oxygen atoms in total. The zero-order valence-corrected chi connectivity index (χ0v) is 16.3. The second kappa shape index (κ2) is 8.23. The van der Waals surface area contributed by atoms with Crippen LogP contribution in [-0.4, -0.2) is 26.7 Å². The summed E-state index contributed by atoms with van der Waals surface area (Å²) in [4.78, 5) is 20.2. The zero-order valence-electron chi connectivity index (χ0n) is 13.1. The highest BCUT2D eigenvalue weighted by Crippen LogP contribution is 2.39. The van der Waals surface area contributed by atoms with Crippen LogP contribution < -0.4 is 5.73 Å². The van der Waals surface area contributed by atoms with Gasteiger partial charge < -0.3 is 5.73 Å². The topological polar surface area (TPSA) is 81.2 Å². The summed E-state index contributed by atoms with van der Waals surface area (Å²) in [6, 6.07) is 5.45. The third kappa shape index (κ3) is 4.23. The SMILES string of the molecule is CCS(=C=O)(CC)=Nc1cccc(Sc2ncc(Cl)nc2N)c1Cl. The molecule has 0 unspecified atom stereocenters. The van der Waals surface area contributed by atoms with E-state index in [2.05, 4.69) is 19.6 Å². The first-order chi connectivity index (χ1) is 11.4. The van der Waals surface area contributed by atoms with Crippen molar-refractivity contribution in [2.75, 3.05) is 17.2 Å². The first-order valence-electron chi connectivity index (χ1n) is 7.09. The Morgan fingerprint density at radius 3 is 2.62 bits per heavy atom. The van der Waals surface area contributed by atoms with Gasteiger partial charge in [-0.25, -0.2) is 19.1 Å². The lowest BCUT2D eigenvalue weighted by Crippen LogP contribution is -2.06. The van der Waals surface area contributed by atoms with Crippen LogP contribution in [0.3, 0.4) is 0 Å². The van der Waals surface area contributed by atoms with E-state index in [0.29, 0.717) is 27.2 Å². The molecular weight excluding hydrogens is 387 g/mol. The molecule has 0 spiro atoms. The van der Waals surface area contributed by atoms with Crippen molar-refractivity contribution in [1.82, 2.24) is 9.97 Å².